The second-order valence-corrected chi connectivity index (χ2v) is 24.3. The first-order valence-corrected chi connectivity index (χ1v) is 26.8. The quantitative estimate of drug-likeness (QED) is 0.118. The summed E-state index contributed by atoms with van der Waals surface area (Å²) in [4.78, 5) is 9.86. The molecule has 0 bridgehead atoms. The van der Waals surface area contributed by atoms with Gasteiger partial charge in [0.1, 0.15) is 16.7 Å². The minimum atomic E-state index is -1.25. The number of fused-ring (bicyclic) bond motifs is 9. The molecule has 12 rings (SSSR count). The van der Waals surface area contributed by atoms with Gasteiger partial charge in [0.15, 0.2) is 0 Å². The van der Waals surface area contributed by atoms with Crippen LogP contribution in [0.25, 0.3) is 105 Å². The Morgan fingerprint density at radius 2 is 1.24 bits per heavy atom. The first-order valence-electron chi connectivity index (χ1n) is 23.3. The standard InChI is InChI=1S/C47H35N2O2.C14H16NSi.Ir/c1-27(2)36-23-31(29-13-6-5-7-14-29)24-37(28(3)4)44(36)49-45-32-16-9-8-15-30(32)21-22-40(45)48-47(49)35-19-12-18-34-39-26-42-38(25-43(39)51-46(34)35)33-17-10-11-20-41(33)50-42;1-16(2,3)13-9-10-15-14(11-13)12-7-5-4-6-8-12;/h5-18,20-28H,1-4H3;4-7,9-11H,1-3H3;/q2*-1;. The fourth-order valence-electron chi connectivity index (χ4n) is 9.56. The third-order valence-electron chi connectivity index (χ3n) is 13.0. The van der Waals surface area contributed by atoms with Gasteiger partial charge in [0.2, 0.25) is 0 Å². The van der Waals surface area contributed by atoms with Gasteiger partial charge in [-0.15, -0.1) is 54.1 Å². The average molecular weight is 1080 g/mol. The van der Waals surface area contributed by atoms with Crippen molar-refractivity contribution >= 4 is 78.9 Å². The van der Waals surface area contributed by atoms with Gasteiger partial charge >= 0.3 is 0 Å². The van der Waals surface area contributed by atoms with Crippen LogP contribution in [0.15, 0.2) is 179 Å². The van der Waals surface area contributed by atoms with E-state index in [1.165, 1.54) is 38.5 Å². The Kier molecular flexibility index (Phi) is 11.9. The maximum Gasteiger partial charge on any atom is 0.136 e. The summed E-state index contributed by atoms with van der Waals surface area (Å²) >= 11 is 0. The van der Waals surface area contributed by atoms with E-state index in [4.69, 9.17) is 13.8 Å². The topological polar surface area (TPSA) is 57.0 Å². The first-order chi connectivity index (χ1) is 32.5. The molecule has 7 heteroatoms. The molecule has 337 valence electrons. The number of furan rings is 2. The van der Waals surface area contributed by atoms with Gasteiger partial charge < -0.3 is 18.4 Å². The van der Waals surface area contributed by atoms with Gasteiger partial charge in [0.05, 0.1) is 30.5 Å². The van der Waals surface area contributed by atoms with Gasteiger partial charge in [-0.05, 0) is 87.6 Å². The second kappa shape index (κ2) is 18.0. The minimum Gasteiger partial charge on any atom is -0.501 e. The van der Waals surface area contributed by atoms with E-state index in [0.717, 1.165) is 82.9 Å². The number of pyridine rings is 1. The number of nitrogens with zero attached hydrogens (tertiary/aromatic N) is 3. The van der Waals surface area contributed by atoms with Gasteiger partial charge in [0.25, 0.3) is 0 Å². The van der Waals surface area contributed by atoms with Crippen molar-refractivity contribution in [2.75, 3.05) is 0 Å². The third kappa shape index (κ3) is 7.98. The molecule has 0 fully saturated rings. The predicted octanol–water partition coefficient (Wildman–Crippen LogP) is 16.4. The molecular weight excluding hydrogens is 1030 g/mol. The van der Waals surface area contributed by atoms with Crippen molar-refractivity contribution in [1.29, 1.82) is 0 Å². The van der Waals surface area contributed by atoms with E-state index >= 15 is 0 Å². The predicted molar refractivity (Wildman–Crippen MR) is 283 cm³/mol. The van der Waals surface area contributed by atoms with Gasteiger partial charge in [-0.25, -0.2) is 0 Å². The molecule has 0 amide bonds. The normalized spacial score (nSPS) is 11.9. The molecule has 0 saturated carbocycles. The number of hydrogen-bond acceptors (Lipinski definition) is 4. The van der Waals surface area contributed by atoms with E-state index < -0.39 is 8.07 Å². The summed E-state index contributed by atoms with van der Waals surface area (Å²) in [7, 11) is -1.25. The number of imidazole rings is 1. The molecule has 0 unspecified atom stereocenters. The first kappa shape index (κ1) is 44.9. The molecule has 0 aliphatic carbocycles. The fourth-order valence-corrected chi connectivity index (χ4v) is 10.7. The largest absolute Gasteiger partial charge is 0.501 e. The number of aromatic nitrogens is 3. The van der Waals surface area contributed by atoms with Crippen LogP contribution in [0, 0.1) is 12.1 Å². The van der Waals surface area contributed by atoms with Crippen LogP contribution in [0.4, 0.5) is 0 Å². The van der Waals surface area contributed by atoms with E-state index in [-0.39, 0.29) is 31.9 Å². The number of para-hydroxylation sites is 1. The van der Waals surface area contributed by atoms with Crippen LogP contribution in [-0.2, 0) is 20.1 Å². The molecule has 68 heavy (non-hydrogen) atoms. The summed E-state index contributed by atoms with van der Waals surface area (Å²) in [6.07, 6.45) is 1.91. The molecule has 0 N–H and O–H groups in total. The molecule has 0 saturated heterocycles. The molecule has 0 aliphatic heterocycles. The van der Waals surface area contributed by atoms with Gasteiger partial charge in [0, 0.05) is 53.5 Å². The van der Waals surface area contributed by atoms with Crippen molar-refractivity contribution in [2.45, 2.75) is 59.2 Å². The number of hydrogen-bond donors (Lipinski definition) is 0. The van der Waals surface area contributed by atoms with Crippen LogP contribution in [0.5, 0.6) is 0 Å². The molecular formula is C61H51IrN3O2Si-2. The Labute approximate surface area is 411 Å². The SMILES string of the molecule is CC(C)c1cc(-c2ccccc2)cc(C(C)C)c1-n1c(-c2[c-]ccc3c2oc2cc4c(cc23)oc2ccccc24)nc2ccc3ccccc3c21.C[Si](C)(C)c1ccnc(-c2[c-]cccc2)c1.[Ir]. The Morgan fingerprint density at radius 1 is 0.559 bits per heavy atom. The van der Waals surface area contributed by atoms with Crippen LogP contribution >= 0.6 is 0 Å². The van der Waals surface area contributed by atoms with Crippen molar-refractivity contribution in [1.82, 2.24) is 14.5 Å². The smallest absolute Gasteiger partial charge is 0.136 e. The summed E-state index contributed by atoms with van der Waals surface area (Å²) in [5.41, 5.74) is 14.4. The van der Waals surface area contributed by atoms with E-state index in [2.05, 4.69) is 190 Å². The van der Waals surface area contributed by atoms with Gasteiger partial charge in [-0.3, -0.25) is 4.98 Å². The van der Waals surface area contributed by atoms with Crippen molar-refractivity contribution in [3.05, 3.63) is 193 Å². The van der Waals surface area contributed by atoms with E-state index in [0.29, 0.717) is 0 Å². The third-order valence-corrected chi connectivity index (χ3v) is 15.1. The zero-order chi connectivity index (χ0) is 46.0. The Hall–Kier alpha value is -6.89. The van der Waals surface area contributed by atoms with Crippen LogP contribution in [0.1, 0.15) is 50.7 Å². The molecule has 4 aromatic heterocycles. The maximum atomic E-state index is 6.84. The van der Waals surface area contributed by atoms with E-state index in [1.54, 1.807) is 0 Å². The Bertz CT molecular complexity index is 3770. The summed E-state index contributed by atoms with van der Waals surface area (Å²) in [6.45, 7) is 16.2. The van der Waals surface area contributed by atoms with Crippen molar-refractivity contribution in [3.63, 3.8) is 0 Å². The van der Waals surface area contributed by atoms with Crippen molar-refractivity contribution in [3.8, 4) is 39.5 Å². The molecule has 1 radical (unpaired) electrons. The fraction of sp³-hybridized carbons (Fsp3) is 0.148. The Balaban J connectivity index is 0.000000270. The van der Waals surface area contributed by atoms with Crippen molar-refractivity contribution in [2.24, 2.45) is 0 Å². The van der Waals surface area contributed by atoms with Crippen LogP contribution < -0.4 is 5.19 Å². The second-order valence-electron chi connectivity index (χ2n) is 19.2. The molecule has 0 spiro atoms. The monoisotopic (exact) mass is 1080 g/mol. The van der Waals surface area contributed by atoms with E-state index in [9.17, 15) is 0 Å². The molecule has 12 aromatic rings. The summed E-state index contributed by atoms with van der Waals surface area (Å²) < 4.78 is 15.6. The van der Waals surface area contributed by atoms with E-state index in [1.807, 2.05) is 48.7 Å². The van der Waals surface area contributed by atoms with Gasteiger partial charge in [-0.1, -0.05) is 148 Å². The van der Waals surface area contributed by atoms with Crippen molar-refractivity contribution < 1.29 is 28.9 Å². The van der Waals surface area contributed by atoms with Crippen LogP contribution in [-0.4, -0.2) is 22.6 Å². The molecule has 0 aliphatic rings. The average Bonchev–Trinajstić information content (AvgIpc) is 4.04. The molecule has 5 nitrogen and oxygen atoms in total. The molecule has 4 heterocycles. The molecule has 8 aromatic carbocycles. The van der Waals surface area contributed by atoms with Crippen LogP contribution in [0.3, 0.4) is 0 Å². The van der Waals surface area contributed by atoms with Gasteiger partial charge in [-0.2, -0.15) is 0 Å². The zero-order valence-electron chi connectivity index (χ0n) is 39.3. The zero-order valence-corrected chi connectivity index (χ0v) is 42.7. The number of rotatable bonds is 7. The number of benzene rings is 8. The minimum absolute atomic E-state index is 0. The summed E-state index contributed by atoms with van der Waals surface area (Å²) in [5, 5.41) is 7.93. The molecule has 0 atom stereocenters. The van der Waals surface area contributed by atoms with Crippen LogP contribution in [0.2, 0.25) is 19.6 Å². The maximum absolute atomic E-state index is 6.84. The Morgan fingerprint density at radius 3 is 1.96 bits per heavy atom. The summed E-state index contributed by atoms with van der Waals surface area (Å²) in [5.74, 6) is 1.31. The summed E-state index contributed by atoms with van der Waals surface area (Å²) in [6, 6.07) is 64.1.